The first-order valence-electron chi connectivity index (χ1n) is 9.01. The number of nitrogens with one attached hydrogen (secondary N) is 1. The number of nitrogens with zero attached hydrogens (tertiary/aromatic N) is 3. The number of amides is 1. The number of methoxy groups -OCH3 is 1. The summed E-state index contributed by atoms with van der Waals surface area (Å²) in [6.07, 6.45) is 0. The van der Waals surface area contributed by atoms with Crippen molar-refractivity contribution < 1.29 is 13.9 Å². The first-order valence-corrected chi connectivity index (χ1v) is 9.99. The van der Waals surface area contributed by atoms with Crippen molar-refractivity contribution in [2.75, 3.05) is 18.2 Å². The Hall–Kier alpha value is -3.26. The maximum absolute atomic E-state index is 12.2. The number of ether oxygens (including phenoxy) is 1. The summed E-state index contributed by atoms with van der Waals surface area (Å²) in [5.74, 6) is 1.98. The van der Waals surface area contributed by atoms with Gasteiger partial charge in [0.2, 0.25) is 5.91 Å². The quantitative estimate of drug-likeness (QED) is 0.480. The maximum Gasteiger partial charge on any atom is 0.234 e. The van der Waals surface area contributed by atoms with Crippen LogP contribution in [0.15, 0.2) is 58.1 Å². The first kappa shape index (κ1) is 19.1. The number of furan rings is 1. The number of thioether (sulfide) groups is 1. The van der Waals surface area contributed by atoms with Crippen LogP contribution in [0.4, 0.5) is 5.69 Å². The third-order valence-corrected chi connectivity index (χ3v) is 5.47. The average molecular weight is 408 g/mol. The molecule has 2 aromatic carbocycles. The van der Waals surface area contributed by atoms with Crippen molar-refractivity contribution in [2.45, 2.75) is 12.1 Å². The van der Waals surface area contributed by atoms with Crippen LogP contribution in [0.5, 0.6) is 5.75 Å². The minimum atomic E-state index is -0.100. The number of aryl methyl sites for hydroxylation is 1. The third kappa shape index (κ3) is 3.97. The summed E-state index contributed by atoms with van der Waals surface area (Å²) < 4.78 is 13.1. The number of aromatic nitrogens is 3. The van der Waals surface area contributed by atoms with Gasteiger partial charge < -0.3 is 19.0 Å². The van der Waals surface area contributed by atoms with E-state index in [4.69, 9.17) is 9.15 Å². The van der Waals surface area contributed by atoms with Gasteiger partial charge in [0.05, 0.1) is 12.9 Å². The first-order chi connectivity index (χ1) is 14.0. The number of para-hydroxylation sites is 1. The van der Waals surface area contributed by atoms with Gasteiger partial charge in [-0.05, 0) is 31.2 Å². The summed E-state index contributed by atoms with van der Waals surface area (Å²) in [4.78, 5) is 12.2. The van der Waals surface area contributed by atoms with Crippen molar-refractivity contribution in [3.05, 3.63) is 54.1 Å². The Morgan fingerprint density at radius 1 is 1.21 bits per heavy atom. The summed E-state index contributed by atoms with van der Waals surface area (Å²) >= 11 is 1.32. The third-order valence-electron chi connectivity index (χ3n) is 4.45. The van der Waals surface area contributed by atoms with Gasteiger partial charge in [-0.25, -0.2) is 0 Å². The van der Waals surface area contributed by atoms with Crippen LogP contribution in [0.25, 0.3) is 22.6 Å². The van der Waals surface area contributed by atoms with Gasteiger partial charge in [0.15, 0.2) is 28.1 Å². The summed E-state index contributed by atoms with van der Waals surface area (Å²) in [5, 5.41) is 12.9. The van der Waals surface area contributed by atoms with Crippen LogP contribution >= 0.6 is 11.8 Å². The SMILES string of the molecule is COc1cccc2cc(-c3nnc(SCC(=O)Nc4ccc(C)cc4)n3C)oc12. The molecule has 0 saturated carbocycles. The van der Waals surface area contributed by atoms with E-state index in [9.17, 15) is 4.79 Å². The molecular weight excluding hydrogens is 388 g/mol. The molecule has 2 heterocycles. The van der Waals surface area contributed by atoms with E-state index in [1.54, 1.807) is 7.11 Å². The van der Waals surface area contributed by atoms with Crippen molar-refractivity contribution in [1.29, 1.82) is 0 Å². The van der Waals surface area contributed by atoms with Gasteiger partial charge in [0.25, 0.3) is 0 Å². The van der Waals surface area contributed by atoms with E-state index >= 15 is 0 Å². The normalized spacial score (nSPS) is 11.0. The summed E-state index contributed by atoms with van der Waals surface area (Å²) in [5.41, 5.74) is 2.59. The molecule has 0 aliphatic heterocycles. The van der Waals surface area contributed by atoms with Crippen molar-refractivity contribution in [3.8, 4) is 17.3 Å². The van der Waals surface area contributed by atoms with Crippen LogP contribution in [-0.4, -0.2) is 33.5 Å². The highest BCUT2D eigenvalue weighted by Gasteiger charge is 2.17. The monoisotopic (exact) mass is 408 g/mol. The van der Waals surface area contributed by atoms with E-state index in [-0.39, 0.29) is 11.7 Å². The fraction of sp³-hybridized carbons (Fsp3) is 0.190. The molecule has 0 spiro atoms. The van der Waals surface area contributed by atoms with Crippen molar-refractivity contribution in [1.82, 2.24) is 14.8 Å². The van der Waals surface area contributed by atoms with Gasteiger partial charge in [-0.3, -0.25) is 4.79 Å². The molecule has 0 unspecified atom stereocenters. The number of anilines is 1. The zero-order chi connectivity index (χ0) is 20.4. The fourth-order valence-corrected chi connectivity index (χ4v) is 3.64. The highest BCUT2D eigenvalue weighted by molar-refractivity contribution is 7.99. The van der Waals surface area contributed by atoms with Crippen molar-refractivity contribution in [3.63, 3.8) is 0 Å². The highest BCUT2D eigenvalue weighted by Crippen LogP contribution is 2.33. The van der Waals surface area contributed by atoms with Crippen LogP contribution < -0.4 is 10.1 Å². The molecule has 4 rings (SSSR count). The minimum Gasteiger partial charge on any atom is -0.493 e. The van der Waals surface area contributed by atoms with E-state index in [0.717, 1.165) is 16.6 Å². The molecule has 29 heavy (non-hydrogen) atoms. The highest BCUT2D eigenvalue weighted by atomic mass is 32.2. The van der Waals surface area contributed by atoms with Gasteiger partial charge in [-0.15, -0.1) is 10.2 Å². The smallest absolute Gasteiger partial charge is 0.234 e. The van der Waals surface area contributed by atoms with Gasteiger partial charge in [-0.1, -0.05) is 41.6 Å². The Balaban J connectivity index is 1.47. The Morgan fingerprint density at radius 2 is 2.00 bits per heavy atom. The standard InChI is InChI=1S/C21H20N4O3S/c1-13-7-9-15(10-8-13)22-18(26)12-29-21-24-23-20(25(21)2)17-11-14-5-4-6-16(27-3)19(14)28-17/h4-11H,12H2,1-3H3,(H,22,26). The summed E-state index contributed by atoms with van der Waals surface area (Å²) in [6, 6.07) is 15.3. The van der Waals surface area contributed by atoms with E-state index in [0.29, 0.717) is 28.1 Å². The number of carbonyl (C=O) groups is 1. The predicted molar refractivity (Wildman–Crippen MR) is 113 cm³/mol. The molecule has 2 aromatic heterocycles. The van der Waals surface area contributed by atoms with Gasteiger partial charge >= 0.3 is 0 Å². The Bertz CT molecular complexity index is 1160. The number of hydrogen-bond donors (Lipinski definition) is 1. The molecule has 0 bridgehead atoms. The minimum absolute atomic E-state index is 0.100. The van der Waals surface area contributed by atoms with Gasteiger partial charge in [0, 0.05) is 18.1 Å². The Labute approximate surface area is 172 Å². The molecule has 0 fully saturated rings. The molecule has 8 heteroatoms. The summed E-state index contributed by atoms with van der Waals surface area (Å²) in [6.45, 7) is 2.01. The number of rotatable bonds is 6. The molecule has 0 atom stereocenters. The second kappa shape index (κ2) is 8.00. The van der Waals surface area contributed by atoms with E-state index < -0.39 is 0 Å². The molecule has 1 N–H and O–H groups in total. The van der Waals surface area contributed by atoms with E-state index in [1.807, 2.05) is 67.1 Å². The predicted octanol–water partition coefficient (Wildman–Crippen LogP) is 4.28. The van der Waals surface area contributed by atoms with Gasteiger partial charge in [-0.2, -0.15) is 0 Å². The fourth-order valence-electron chi connectivity index (χ4n) is 2.93. The van der Waals surface area contributed by atoms with E-state index in [1.165, 1.54) is 11.8 Å². The zero-order valence-electron chi connectivity index (χ0n) is 16.3. The molecule has 148 valence electrons. The van der Waals surface area contributed by atoms with Crippen LogP contribution in [0.1, 0.15) is 5.56 Å². The number of fused-ring (bicyclic) bond motifs is 1. The lowest BCUT2D eigenvalue weighted by Gasteiger charge is -2.05. The lowest BCUT2D eigenvalue weighted by atomic mass is 10.2. The lowest BCUT2D eigenvalue weighted by molar-refractivity contribution is -0.113. The molecule has 1 amide bonds. The number of hydrogen-bond acceptors (Lipinski definition) is 6. The zero-order valence-corrected chi connectivity index (χ0v) is 17.1. The van der Waals surface area contributed by atoms with Crippen LogP contribution in [0.3, 0.4) is 0 Å². The lowest BCUT2D eigenvalue weighted by Crippen LogP contribution is -2.14. The maximum atomic E-state index is 12.2. The molecule has 0 radical (unpaired) electrons. The molecular formula is C21H20N4O3S. The van der Waals surface area contributed by atoms with Crippen LogP contribution in [-0.2, 0) is 11.8 Å². The van der Waals surface area contributed by atoms with Gasteiger partial charge in [0.1, 0.15) is 0 Å². The molecule has 0 aliphatic rings. The summed E-state index contributed by atoms with van der Waals surface area (Å²) in [7, 11) is 3.45. The van der Waals surface area contributed by atoms with Crippen molar-refractivity contribution in [2.24, 2.45) is 7.05 Å². The second-order valence-corrected chi connectivity index (χ2v) is 7.50. The largest absolute Gasteiger partial charge is 0.493 e. The topological polar surface area (TPSA) is 82.2 Å². The average Bonchev–Trinajstić information content (AvgIpc) is 3.31. The Morgan fingerprint density at radius 3 is 2.76 bits per heavy atom. The molecule has 0 saturated heterocycles. The van der Waals surface area contributed by atoms with Crippen LogP contribution in [0, 0.1) is 6.92 Å². The van der Waals surface area contributed by atoms with Crippen molar-refractivity contribution >= 4 is 34.3 Å². The van der Waals surface area contributed by atoms with Crippen LogP contribution in [0.2, 0.25) is 0 Å². The molecule has 7 nitrogen and oxygen atoms in total. The number of benzene rings is 2. The second-order valence-electron chi connectivity index (χ2n) is 6.56. The molecule has 4 aromatic rings. The molecule has 0 aliphatic carbocycles. The Kier molecular flexibility index (Phi) is 5.26. The van der Waals surface area contributed by atoms with E-state index in [2.05, 4.69) is 15.5 Å². The number of carbonyl (C=O) groups excluding carboxylic acids is 1.